The van der Waals surface area contributed by atoms with E-state index in [-0.39, 0.29) is 5.60 Å². The van der Waals surface area contributed by atoms with Gasteiger partial charge in [0.1, 0.15) is 17.3 Å². The molecule has 0 N–H and O–H groups in total. The Morgan fingerprint density at radius 2 is 1.95 bits per heavy atom. The van der Waals surface area contributed by atoms with Gasteiger partial charge in [0.05, 0.1) is 5.10 Å². The zero-order chi connectivity index (χ0) is 13.6. The first kappa shape index (κ1) is 12.2. The van der Waals surface area contributed by atoms with Crippen LogP contribution in [0.5, 0.6) is 6.01 Å². The van der Waals surface area contributed by atoms with E-state index in [2.05, 4.69) is 37.4 Å². The summed E-state index contributed by atoms with van der Waals surface area (Å²) in [6.45, 7) is 8.69. The van der Waals surface area contributed by atoms with Gasteiger partial charge >= 0.3 is 6.01 Å². The van der Waals surface area contributed by atoms with E-state index in [4.69, 9.17) is 4.74 Å². The van der Waals surface area contributed by atoms with Crippen LogP contribution in [0.4, 0.5) is 0 Å². The summed E-state index contributed by atoms with van der Waals surface area (Å²) in [5.41, 5.74) is 0.847. The lowest BCUT2D eigenvalue weighted by Crippen LogP contribution is -2.47. The first-order chi connectivity index (χ1) is 8.99. The maximum atomic E-state index is 6.00. The minimum atomic E-state index is -0.202. The van der Waals surface area contributed by atoms with Crippen molar-refractivity contribution in [2.75, 3.05) is 0 Å². The van der Waals surface area contributed by atoms with Crippen LogP contribution in [-0.4, -0.2) is 15.4 Å². The van der Waals surface area contributed by atoms with Gasteiger partial charge in [0.25, 0.3) is 0 Å². The minimum Gasteiger partial charge on any atom is -0.429 e. The molecule has 1 atom stereocenters. The van der Waals surface area contributed by atoms with Crippen molar-refractivity contribution in [2.45, 2.75) is 39.3 Å². The van der Waals surface area contributed by atoms with Gasteiger partial charge in [-0.15, -0.1) is 0 Å². The fourth-order valence-electron chi connectivity index (χ4n) is 3.06. The average molecular weight is 258 g/mol. The molecule has 0 saturated carbocycles. The Bertz CT molecular complexity index is 587. The smallest absolute Gasteiger partial charge is 0.429 e. The van der Waals surface area contributed by atoms with Crippen LogP contribution in [0.1, 0.15) is 33.7 Å². The van der Waals surface area contributed by atoms with E-state index in [1.165, 1.54) is 0 Å². The Kier molecular flexibility index (Phi) is 2.62. The monoisotopic (exact) mass is 258 g/mol. The van der Waals surface area contributed by atoms with Crippen molar-refractivity contribution in [3.8, 4) is 11.7 Å². The number of fused-ring (bicyclic) bond motifs is 1. The molecule has 19 heavy (non-hydrogen) atoms. The zero-order valence-electron chi connectivity index (χ0n) is 11.9. The highest BCUT2D eigenvalue weighted by Crippen LogP contribution is 2.35. The molecule has 0 radical (unpaired) electrons. The third-order valence-corrected chi connectivity index (χ3v) is 3.67. The summed E-state index contributed by atoms with van der Waals surface area (Å²) in [6, 6.07) is 11.1. The van der Waals surface area contributed by atoms with Crippen LogP contribution in [0.15, 0.2) is 36.7 Å². The van der Waals surface area contributed by atoms with Gasteiger partial charge in [0, 0.05) is 0 Å². The van der Waals surface area contributed by atoms with Crippen molar-refractivity contribution >= 4 is 0 Å². The van der Waals surface area contributed by atoms with Crippen LogP contribution < -0.4 is 9.30 Å². The molecule has 0 aliphatic carbocycles. The quantitative estimate of drug-likeness (QED) is 0.775. The maximum absolute atomic E-state index is 6.00. The Balaban J connectivity index is 2.03. The molecule has 0 saturated heterocycles. The first-order valence-corrected chi connectivity index (χ1v) is 6.74. The molecule has 0 unspecified atom stereocenters. The minimum absolute atomic E-state index is 0.202. The van der Waals surface area contributed by atoms with Gasteiger partial charge in [-0.05, 0) is 31.9 Å². The van der Waals surface area contributed by atoms with Crippen LogP contribution >= 0.6 is 0 Å². The number of benzene rings is 1. The molecule has 1 aliphatic heterocycles. The van der Waals surface area contributed by atoms with E-state index in [9.17, 15) is 0 Å². The molecule has 2 aromatic rings. The van der Waals surface area contributed by atoms with E-state index in [0.29, 0.717) is 18.0 Å². The molecule has 4 nitrogen and oxygen atoms in total. The molecule has 1 aliphatic rings. The Morgan fingerprint density at radius 3 is 2.58 bits per heavy atom. The highest BCUT2D eigenvalue weighted by molar-refractivity contribution is 5.29. The van der Waals surface area contributed by atoms with E-state index < -0.39 is 0 Å². The first-order valence-electron chi connectivity index (χ1n) is 6.74. The molecule has 3 rings (SSSR count). The summed E-state index contributed by atoms with van der Waals surface area (Å²) in [7, 11) is 0. The zero-order valence-corrected chi connectivity index (χ0v) is 11.9. The van der Waals surface area contributed by atoms with Crippen LogP contribution in [0.2, 0.25) is 0 Å². The number of ether oxygens (including phenoxy) is 1. The Hall–Kier alpha value is -1.84. The number of rotatable bonds is 2. The summed E-state index contributed by atoms with van der Waals surface area (Å²) in [6.07, 6.45) is 2.03. The lowest BCUT2D eigenvalue weighted by atomic mass is 9.90. The van der Waals surface area contributed by atoms with Crippen molar-refractivity contribution in [1.82, 2.24) is 9.78 Å². The standard InChI is InChI=1S/C15H20N3O/c1-11(2)13-15(3,4)19-14-16-18(10-17(13)14)12-8-6-5-7-9-12/h5-11,13H,1-4H3/q+1/t13-/m0/s1. The third kappa shape index (κ3) is 1.91. The fraction of sp³-hybridized carbons (Fsp3) is 0.467. The van der Waals surface area contributed by atoms with Gasteiger partial charge in [-0.3, -0.25) is 0 Å². The highest BCUT2D eigenvalue weighted by atomic mass is 16.5. The molecule has 0 spiro atoms. The Labute approximate surface area is 113 Å². The van der Waals surface area contributed by atoms with Crippen molar-refractivity contribution < 1.29 is 9.30 Å². The van der Waals surface area contributed by atoms with Gasteiger partial charge in [0.15, 0.2) is 0 Å². The number of hydrogen-bond acceptors (Lipinski definition) is 2. The molecular formula is C15H20N3O+. The number of aromatic nitrogens is 3. The second-order valence-corrected chi connectivity index (χ2v) is 5.98. The molecule has 100 valence electrons. The summed E-state index contributed by atoms with van der Waals surface area (Å²) in [5, 5.41) is 4.55. The van der Waals surface area contributed by atoms with E-state index in [0.717, 1.165) is 5.69 Å². The fourth-order valence-corrected chi connectivity index (χ4v) is 3.06. The van der Waals surface area contributed by atoms with Gasteiger partial charge in [-0.25, -0.2) is 0 Å². The summed E-state index contributed by atoms with van der Waals surface area (Å²) in [4.78, 5) is 0. The van der Waals surface area contributed by atoms with Gasteiger partial charge < -0.3 is 4.74 Å². The van der Waals surface area contributed by atoms with E-state index in [1.54, 1.807) is 0 Å². The Morgan fingerprint density at radius 1 is 1.26 bits per heavy atom. The van der Waals surface area contributed by atoms with Crippen LogP contribution in [0, 0.1) is 5.92 Å². The summed E-state index contributed by atoms with van der Waals surface area (Å²) < 4.78 is 10.0. The number of para-hydroxylation sites is 1. The molecule has 0 fully saturated rings. The largest absolute Gasteiger partial charge is 0.469 e. The molecule has 1 aromatic carbocycles. The van der Waals surface area contributed by atoms with Gasteiger partial charge in [-0.2, -0.15) is 4.57 Å². The lowest BCUT2D eigenvalue weighted by molar-refractivity contribution is -0.717. The molecule has 1 aromatic heterocycles. The topological polar surface area (TPSA) is 30.9 Å². The highest BCUT2D eigenvalue weighted by Gasteiger charge is 2.49. The molecule has 0 amide bonds. The van der Waals surface area contributed by atoms with Crippen molar-refractivity contribution in [3.05, 3.63) is 36.7 Å². The second-order valence-electron chi connectivity index (χ2n) is 5.98. The number of hydrogen-bond donors (Lipinski definition) is 0. The van der Waals surface area contributed by atoms with Crippen LogP contribution in [-0.2, 0) is 0 Å². The second kappa shape index (κ2) is 4.08. The lowest BCUT2D eigenvalue weighted by Gasteiger charge is -2.26. The normalized spacial score (nSPS) is 20.4. The third-order valence-electron chi connectivity index (χ3n) is 3.67. The predicted molar refractivity (Wildman–Crippen MR) is 72.3 cm³/mol. The molecule has 0 bridgehead atoms. The summed E-state index contributed by atoms with van der Waals surface area (Å²) >= 11 is 0. The average Bonchev–Trinajstić information content (AvgIpc) is 2.82. The summed E-state index contributed by atoms with van der Waals surface area (Å²) in [5.74, 6) is 0.495. The van der Waals surface area contributed by atoms with Crippen LogP contribution in [0.25, 0.3) is 5.69 Å². The van der Waals surface area contributed by atoms with Crippen molar-refractivity contribution in [2.24, 2.45) is 5.92 Å². The number of nitrogens with zero attached hydrogens (tertiary/aromatic N) is 3. The molecular weight excluding hydrogens is 238 g/mol. The van der Waals surface area contributed by atoms with E-state index in [1.807, 2.05) is 41.3 Å². The van der Waals surface area contributed by atoms with E-state index >= 15 is 0 Å². The molecule has 4 heteroatoms. The van der Waals surface area contributed by atoms with Crippen LogP contribution in [0.3, 0.4) is 0 Å². The van der Waals surface area contributed by atoms with Crippen molar-refractivity contribution in [1.29, 1.82) is 0 Å². The molecule has 2 heterocycles. The SMILES string of the molecule is CC(C)[C@@H]1[n+]2cn(-c3ccccc3)nc2OC1(C)C. The predicted octanol–water partition coefficient (Wildman–Crippen LogP) is 2.53. The van der Waals surface area contributed by atoms with Gasteiger partial charge in [-0.1, -0.05) is 36.7 Å². The van der Waals surface area contributed by atoms with Crippen molar-refractivity contribution in [3.63, 3.8) is 0 Å². The maximum Gasteiger partial charge on any atom is 0.469 e. The van der Waals surface area contributed by atoms with Gasteiger partial charge in [0.2, 0.25) is 6.33 Å².